The molecule has 0 bridgehead atoms. The second-order valence-electron chi connectivity index (χ2n) is 4.65. The summed E-state index contributed by atoms with van der Waals surface area (Å²) in [6.07, 6.45) is 1.43. The van der Waals surface area contributed by atoms with Crippen molar-refractivity contribution in [3.63, 3.8) is 0 Å². The number of hydrogen-bond acceptors (Lipinski definition) is 2. The molecule has 0 heterocycles. The molecule has 0 saturated carbocycles. The molecule has 2 aromatic carbocycles. The van der Waals surface area contributed by atoms with Crippen LogP contribution in [0.15, 0.2) is 48.5 Å². The molecule has 0 saturated heterocycles. The van der Waals surface area contributed by atoms with E-state index in [0.29, 0.717) is 6.42 Å². The summed E-state index contributed by atoms with van der Waals surface area (Å²) in [6.45, 7) is 0. The number of ether oxygens (including phenoxy) is 1. The fourth-order valence-corrected chi connectivity index (χ4v) is 2.10. The van der Waals surface area contributed by atoms with Crippen molar-refractivity contribution < 1.29 is 9.13 Å². The molecule has 0 aromatic heterocycles. The summed E-state index contributed by atoms with van der Waals surface area (Å²) < 4.78 is 18.2. The first kappa shape index (κ1) is 13.6. The molecule has 0 fully saturated rings. The Morgan fingerprint density at radius 2 is 1.74 bits per heavy atom. The van der Waals surface area contributed by atoms with Gasteiger partial charge in [-0.3, -0.25) is 0 Å². The van der Waals surface area contributed by atoms with Gasteiger partial charge in [-0.2, -0.15) is 0 Å². The van der Waals surface area contributed by atoms with Gasteiger partial charge in [0.15, 0.2) is 0 Å². The lowest BCUT2D eigenvalue weighted by molar-refractivity contribution is 0.414. The van der Waals surface area contributed by atoms with Crippen molar-refractivity contribution in [3.05, 3.63) is 65.5 Å². The number of hydrogen-bond donors (Lipinski definition) is 1. The minimum atomic E-state index is -0.214. The van der Waals surface area contributed by atoms with Crippen molar-refractivity contribution in [1.82, 2.24) is 0 Å². The largest absolute Gasteiger partial charge is 0.497 e. The maximum atomic E-state index is 13.1. The van der Waals surface area contributed by atoms with Crippen LogP contribution in [-0.2, 0) is 12.8 Å². The quantitative estimate of drug-likeness (QED) is 0.896. The number of halogens is 1. The average molecular weight is 259 g/mol. The second-order valence-corrected chi connectivity index (χ2v) is 4.65. The van der Waals surface area contributed by atoms with Crippen LogP contribution in [-0.4, -0.2) is 13.2 Å². The average Bonchev–Trinajstić information content (AvgIpc) is 2.39. The summed E-state index contributed by atoms with van der Waals surface area (Å²) in [7, 11) is 1.64. The van der Waals surface area contributed by atoms with E-state index < -0.39 is 0 Å². The Bertz CT molecular complexity index is 525. The molecule has 2 aromatic rings. The van der Waals surface area contributed by atoms with Crippen LogP contribution in [0.25, 0.3) is 0 Å². The SMILES string of the molecule is COc1ccc(CC(N)Cc2cccc(F)c2)cc1. The van der Waals surface area contributed by atoms with E-state index in [9.17, 15) is 4.39 Å². The summed E-state index contributed by atoms with van der Waals surface area (Å²) in [5.41, 5.74) is 8.19. The molecule has 2 rings (SSSR count). The lowest BCUT2D eigenvalue weighted by atomic mass is 10.00. The number of benzene rings is 2. The van der Waals surface area contributed by atoms with Gasteiger partial charge in [-0.15, -0.1) is 0 Å². The Morgan fingerprint density at radius 1 is 1.05 bits per heavy atom. The first-order chi connectivity index (χ1) is 9.17. The third-order valence-corrected chi connectivity index (χ3v) is 3.04. The fraction of sp³-hybridized carbons (Fsp3) is 0.250. The van der Waals surface area contributed by atoms with Crippen LogP contribution in [0, 0.1) is 5.82 Å². The predicted molar refractivity (Wildman–Crippen MR) is 74.8 cm³/mol. The van der Waals surface area contributed by atoms with E-state index in [-0.39, 0.29) is 11.9 Å². The van der Waals surface area contributed by atoms with E-state index in [1.165, 1.54) is 12.1 Å². The van der Waals surface area contributed by atoms with E-state index in [0.717, 1.165) is 23.3 Å². The minimum absolute atomic E-state index is 0.0183. The lowest BCUT2D eigenvalue weighted by Gasteiger charge is -2.12. The van der Waals surface area contributed by atoms with Gasteiger partial charge in [0, 0.05) is 6.04 Å². The van der Waals surface area contributed by atoms with Gasteiger partial charge in [0.25, 0.3) is 0 Å². The van der Waals surface area contributed by atoms with E-state index in [1.54, 1.807) is 13.2 Å². The summed E-state index contributed by atoms with van der Waals surface area (Å²) in [5, 5.41) is 0. The van der Waals surface area contributed by atoms with Gasteiger partial charge in [0.1, 0.15) is 11.6 Å². The molecule has 0 aliphatic heterocycles. The molecule has 100 valence electrons. The first-order valence-electron chi connectivity index (χ1n) is 6.30. The summed E-state index contributed by atoms with van der Waals surface area (Å²) in [4.78, 5) is 0. The second kappa shape index (κ2) is 6.34. The maximum Gasteiger partial charge on any atom is 0.123 e. The van der Waals surface area contributed by atoms with Crippen molar-refractivity contribution in [2.45, 2.75) is 18.9 Å². The van der Waals surface area contributed by atoms with Crippen LogP contribution in [0.2, 0.25) is 0 Å². The van der Waals surface area contributed by atoms with Gasteiger partial charge in [-0.1, -0.05) is 24.3 Å². The van der Waals surface area contributed by atoms with Crippen molar-refractivity contribution in [2.75, 3.05) is 7.11 Å². The molecule has 2 N–H and O–H groups in total. The Labute approximate surface area is 113 Å². The molecule has 0 aliphatic rings. The Hall–Kier alpha value is -1.87. The van der Waals surface area contributed by atoms with Gasteiger partial charge < -0.3 is 10.5 Å². The molecular weight excluding hydrogens is 241 g/mol. The Balaban J connectivity index is 1.95. The Morgan fingerprint density at radius 3 is 2.37 bits per heavy atom. The molecule has 2 nitrogen and oxygen atoms in total. The van der Waals surface area contributed by atoms with Gasteiger partial charge in [0.05, 0.1) is 7.11 Å². The van der Waals surface area contributed by atoms with Crippen LogP contribution in [0.4, 0.5) is 4.39 Å². The number of rotatable bonds is 5. The topological polar surface area (TPSA) is 35.2 Å². The molecule has 0 aliphatic carbocycles. The highest BCUT2D eigenvalue weighted by molar-refractivity contribution is 5.28. The van der Waals surface area contributed by atoms with Crippen LogP contribution in [0.3, 0.4) is 0 Å². The number of methoxy groups -OCH3 is 1. The van der Waals surface area contributed by atoms with Gasteiger partial charge in [-0.05, 0) is 48.2 Å². The minimum Gasteiger partial charge on any atom is -0.497 e. The van der Waals surface area contributed by atoms with Crippen molar-refractivity contribution in [2.24, 2.45) is 5.73 Å². The molecule has 0 spiro atoms. The maximum absolute atomic E-state index is 13.1. The van der Waals surface area contributed by atoms with E-state index in [2.05, 4.69) is 0 Å². The summed E-state index contributed by atoms with van der Waals surface area (Å²) in [6, 6.07) is 14.4. The molecule has 0 amide bonds. The molecule has 1 atom stereocenters. The molecule has 1 unspecified atom stereocenters. The summed E-state index contributed by atoms with van der Waals surface area (Å²) in [5.74, 6) is 0.622. The number of nitrogens with two attached hydrogens (primary N) is 1. The standard InChI is InChI=1S/C16H18FNO/c1-19-16-7-5-12(6-8-16)10-15(18)11-13-3-2-4-14(17)9-13/h2-9,15H,10-11,18H2,1H3. The van der Waals surface area contributed by atoms with Crippen LogP contribution in [0.5, 0.6) is 5.75 Å². The third-order valence-electron chi connectivity index (χ3n) is 3.04. The highest BCUT2D eigenvalue weighted by Crippen LogP contribution is 2.14. The molecular formula is C16H18FNO. The zero-order chi connectivity index (χ0) is 13.7. The third kappa shape index (κ3) is 4.07. The molecule has 19 heavy (non-hydrogen) atoms. The van der Waals surface area contributed by atoms with Crippen molar-refractivity contribution in [3.8, 4) is 5.75 Å². The van der Waals surface area contributed by atoms with E-state index in [1.807, 2.05) is 30.3 Å². The van der Waals surface area contributed by atoms with Crippen LogP contribution < -0.4 is 10.5 Å². The zero-order valence-corrected chi connectivity index (χ0v) is 11.0. The highest BCUT2D eigenvalue weighted by atomic mass is 19.1. The van der Waals surface area contributed by atoms with Gasteiger partial charge >= 0.3 is 0 Å². The monoisotopic (exact) mass is 259 g/mol. The van der Waals surface area contributed by atoms with Crippen LogP contribution >= 0.6 is 0 Å². The normalized spacial score (nSPS) is 12.2. The molecule has 0 radical (unpaired) electrons. The van der Waals surface area contributed by atoms with Crippen LogP contribution in [0.1, 0.15) is 11.1 Å². The Kier molecular flexibility index (Phi) is 4.53. The smallest absolute Gasteiger partial charge is 0.123 e. The predicted octanol–water partition coefficient (Wildman–Crippen LogP) is 2.95. The molecule has 3 heteroatoms. The van der Waals surface area contributed by atoms with Gasteiger partial charge in [0.2, 0.25) is 0 Å². The van der Waals surface area contributed by atoms with E-state index >= 15 is 0 Å². The summed E-state index contributed by atoms with van der Waals surface area (Å²) >= 11 is 0. The fourth-order valence-electron chi connectivity index (χ4n) is 2.10. The lowest BCUT2D eigenvalue weighted by Crippen LogP contribution is -2.25. The van der Waals surface area contributed by atoms with E-state index in [4.69, 9.17) is 10.5 Å². The van der Waals surface area contributed by atoms with Crippen molar-refractivity contribution >= 4 is 0 Å². The first-order valence-corrected chi connectivity index (χ1v) is 6.30. The highest BCUT2D eigenvalue weighted by Gasteiger charge is 2.06. The van der Waals surface area contributed by atoms with Crippen molar-refractivity contribution in [1.29, 1.82) is 0 Å². The van der Waals surface area contributed by atoms with Gasteiger partial charge in [-0.25, -0.2) is 4.39 Å². The zero-order valence-electron chi connectivity index (χ0n) is 11.0.